The van der Waals surface area contributed by atoms with E-state index in [1.54, 1.807) is 6.92 Å². The molecule has 1 aliphatic rings. The standard InChI is InChI=1S/C11H9N3O2/c1-7-4-10(16)8(5-9(7)15)14-11-6-12-2-3-13-11/h2-4,6H,5H2,1H3. The molecule has 1 aromatic heterocycles. The van der Waals surface area contributed by atoms with Gasteiger partial charge in [-0.2, -0.15) is 0 Å². The summed E-state index contributed by atoms with van der Waals surface area (Å²) in [6.07, 6.45) is 5.78. The molecule has 0 N–H and O–H groups in total. The summed E-state index contributed by atoms with van der Waals surface area (Å²) in [5.74, 6) is 0.0246. The van der Waals surface area contributed by atoms with Crippen molar-refractivity contribution in [2.45, 2.75) is 13.3 Å². The summed E-state index contributed by atoms with van der Waals surface area (Å²) < 4.78 is 0. The molecule has 5 heteroatoms. The smallest absolute Gasteiger partial charge is 0.200 e. The number of carbonyl (C=O) groups is 2. The van der Waals surface area contributed by atoms with Crippen molar-refractivity contribution in [3.05, 3.63) is 30.2 Å². The molecule has 2 rings (SSSR count). The lowest BCUT2D eigenvalue weighted by Crippen LogP contribution is -2.23. The fourth-order valence-electron chi connectivity index (χ4n) is 1.32. The van der Waals surface area contributed by atoms with Gasteiger partial charge in [0.25, 0.3) is 0 Å². The Bertz CT molecular complexity index is 503. The Labute approximate surface area is 91.9 Å². The summed E-state index contributed by atoms with van der Waals surface area (Å²) in [4.78, 5) is 34.7. The summed E-state index contributed by atoms with van der Waals surface area (Å²) in [5, 5.41) is 0. The zero-order valence-corrected chi connectivity index (χ0v) is 8.67. The molecule has 0 bridgehead atoms. The van der Waals surface area contributed by atoms with Gasteiger partial charge in [0.05, 0.1) is 18.3 Å². The van der Waals surface area contributed by atoms with Crippen molar-refractivity contribution < 1.29 is 9.59 Å². The van der Waals surface area contributed by atoms with E-state index in [9.17, 15) is 9.59 Å². The molecular formula is C11H9N3O2. The number of carbonyl (C=O) groups excluding carboxylic acids is 2. The van der Waals surface area contributed by atoms with Gasteiger partial charge in [-0.3, -0.25) is 14.6 Å². The van der Waals surface area contributed by atoms with Gasteiger partial charge in [-0.25, -0.2) is 9.98 Å². The minimum Gasteiger partial charge on any atom is -0.294 e. The van der Waals surface area contributed by atoms with E-state index in [-0.39, 0.29) is 23.7 Å². The first kappa shape index (κ1) is 10.4. The fourth-order valence-corrected chi connectivity index (χ4v) is 1.32. The van der Waals surface area contributed by atoms with E-state index in [1.165, 1.54) is 24.7 Å². The molecule has 0 aromatic carbocycles. The molecule has 0 amide bonds. The van der Waals surface area contributed by atoms with Crippen molar-refractivity contribution in [2.24, 2.45) is 4.99 Å². The van der Waals surface area contributed by atoms with Gasteiger partial charge in [0.15, 0.2) is 11.6 Å². The highest BCUT2D eigenvalue weighted by Crippen LogP contribution is 2.13. The molecule has 0 radical (unpaired) electrons. The number of aliphatic imine (C=N–C) groups is 1. The summed E-state index contributed by atoms with van der Waals surface area (Å²) in [7, 11) is 0. The number of nitrogens with zero attached hydrogens (tertiary/aromatic N) is 3. The van der Waals surface area contributed by atoms with Crippen molar-refractivity contribution in [1.29, 1.82) is 0 Å². The normalized spacial score (nSPS) is 18.8. The molecule has 5 nitrogen and oxygen atoms in total. The number of hydrogen-bond donors (Lipinski definition) is 0. The van der Waals surface area contributed by atoms with E-state index in [4.69, 9.17) is 0 Å². The Morgan fingerprint density at radius 1 is 1.31 bits per heavy atom. The number of allylic oxidation sites excluding steroid dienone is 2. The van der Waals surface area contributed by atoms with E-state index in [1.807, 2.05) is 0 Å². The third kappa shape index (κ3) is 2.08. The third-order valence-electron chi connectivity index (χ3n) is 2.20. The number of hydrogen-bond acceptors (Lipinski definition) is 5. The summed E-state index contributed by atoms with van der Waals surface area (Å²) in [5.41, 5.74) is 0.694. The quantitative estimate of drug-likeness (QED) is 0.701. The van der Waals surface area contributed by atoms with Crippen LogP contribution in [0.25, 0.3) is 0 Å². The largest absolute Gasteiger partial charge is 0.294 e. The zero-order chi connectivity index (χ0) is 11.5. The third-order valence-corrected chi connectivity index (χ3v) is 2.20. The second kappa shape index (κ2) is 4.14. The van der Waals surface area contributed by atoms with Gasteiger partial charge in [-0.15, -0.1) is 0 Å². The van der Waals surface area contributed by atoms with Crippen LogP contribution in [0.5, 0.6) is 0 Å². The summed E-state index contributed by atoms with van der Waals surface area (Å²) >= 11 is 0. The lowest BCUT2D eigenvalue weighted by atomic mass is 9.96. The van der Waals surface area contributed by atoms with E-state index in [0.29, 0.717) is 11.4 Å². The molecule has 0 spiro atoms. The van der Waals surface area contributed by atoms with Crippen LogP contribution in [0.4, 0.5) is 5.82 Å². The first-order valence-corrected chi connectivity index (χ1v) is 4.76. The predicted molar refractivity (Wildman–Crippen MR) is 57.5 cm³/mol. The van der Waals surface area contributed by atoms with Crippen LogP contribution in [0.2, 0.25) is 0 Å². The van der Waals surface area contributed by atoms with Gasteiger partial charge in [0.1, 0.15) is 0 Å². The maximum Gasteiger partial charge on any atom is 0.200 e. The molecule has 16 heavy (non-hydrogen) atoms. The SMILES string of the molecule is CC1=CC(=O)C(=Nc2cnccn2)CC1=O. The Morgan fingerprint density at radius 3 is 2.81 bits per heavy atom. The first-order valence-electron chi connectivity index (χ1n) is 4.76. The van der Waals surface area contributed by atoms with Crippen molar-refractivity contribution in [3.63, 3.8) is 0 Å². The number of rotatable bonds is 1. The predicted octanol–water partition coefficient (Wildman–Crippen LogP) is 1.04. The van der Waals surface area contributed by atoms with Gasteiger partial charge in [0, 0.05) is 12.4 Å². The minimum absolute atomic E-state index is 0.0394. The maximum atomic E-state index is 11.5. The van der Waals surface area contributed by atoms with Crippen molar-refractivity contribution in [2.75, 3.05) is 0 Å². The number of aromatic nitrogens is 2. The van der Waals surface area contributed by atoms with Crippen LogP contribution < -0.4 is 0 Å². The fraction of sp³-hybridized carbons (Fsp3) is 0.182. The van der Waals surface area contributed by atoms with Gasteiger partial charge in [0.2, 0.25) is 5.78 Å². The van der Waals surface area contributed by atoms with Crippen molar-refractivity contribution in [1.82, 2.24) is 9.97 Å². The molecular weight excluding hydrogens is 206 g/mol. The van der Waals surface area contributed by atoms with E-state index < -0.39 is 0 Å². The van der Waals surface area contributed by atoms with Gasteiger partial charge in [-0.05, 0) is 18.6 Å². The van der Waals surface area contributed by atoms with Crippen LogP contribution in [-0.2, 0) is 9.59 Å². The Hall–Kier alpha value is -2.17. The van der Waals surface area contributed by atoms with Crippen molar-refractivity contribution >= 4 is 23.1 Å². The first-order chi connectivity index (χ1) is 7.66. The highest BCUT2D eigenvalue weighted by Gasteiger charge is 2.21. The van der Waals surface area contributed by atoms with E-state index >= 15 is 0 Å². The van der Waals surface area contributed by atoms with Crippen LogP contribution in [-0.4, -0.2) is 27.2 Å². The Balaban J connectivity index is 2.33. The molecule has 0 fully saturated rings. The average molecular weight is 215 g/mol. The molecule has 0 saturated carbocycles. The lowest BCUT2D eigenvalue weighted by Gasteiger charge is -2.08. The Morgan fingerprint density at radius 2 is 2.12 bits per heavy atom. The van der Waals surface area contributed by atoms with Crippen LogP contribution in [0.1, 0.15) is 13.3 Å². The molecule has 0 saturated heterocycles. The molecule has 80 valence electrons. The monoisotopic (exact) mass is 215 g/mol. The van der Waals surface area contributed by atoms with Gasteiger partial charge in [-0.1, -0.05) is 0 Å². The maximum absolute atomic E-state index is 11.5. The zero-order valence-electron chi connectivity index (χ0n) is 8.67. The van der Waals surface area contributed by atoms with Gasteiger partial charge < -0.3 is 0 Å². The minimum atomic E-state index is -0.234. The summed E-state index contributed by atoms with van der Waals surface area (Å²) in [6.45, 7) is 1.62. The van der Waals surface area contributed by atoms with Crippen LogP contribution in [0.15, 0.2) is 35.2 Å². The molecule has 0 aliphatic heterocycles. The second-order valence-electron chi connectivity index (χ2n) is 3.41. The van der Waals surface area contributed by atoms with Crippen molar-refractivity contribution in [3.8, 4) is 0 Å². The van der Waals surface area contributed by atoms with E-state index in [2.05, 4.69) is 15.0 Å². The molecule has 0 unspecified atom stereocenters. The van der Waals surface area contributed by atoms with Gasteiger partial charge >= 0.3 is 0 Å². The Kier molecular flexibility index (Phi) is 2.68. The molecule has 1 heterocycles. The van der Waals surface area contributed by atoms with Crippen LogP contribution in [0, 0.1) is 0 Å². The van der Waals surface area contributed by atoms with Crippen LogP contribution in [0.3, 0.4) is 0 Å². The summed E-state index contributed by atoms with van der Waals surface area (Å²) in [6, 6.07) is 0. The van der Waals surface area contributed by atoms with E-state index in [0.717, 1.165) is 0 Å². The molecule has 1 aromatic rings. The molecule has 0 atom stereocenters. The second-order valence-corrected chi connectivity index (χ2v) is 3.41. The topological polar surface area (TPSA) is 72.3 Å². The average Bonchev–Trinajstić information content (AvgIpc) is 2.27. The number of Topliss-reactive ketones (excluding diaryl/α,β-unsaturated/α-hetero) is 1. The highest BCUT2D eigenvalue weighted by atomic mass is 16.1. The van der Waals surface area contributed by atoms with Crippen LogP contribution >= 0.6 is 0 Å². The number of ketones is 2. The lowest BCUT2D eigenvalue weighted by molar-refractivity contribution is -0.116. The molecule has 1 aliphatic carbocycles. The highest BCUT2D eigenvalue weighted by molar-refractivity contribution is 6.50.